The molecule has 1 unspecified atom stereocenters. The number of nitrogens with one attached hydrogen (secondary N) is 1. The molecular weight excluding hydrogens is 406 g/mol. The molecule has 0 aromatic heterocycles. The van der Waals surface area contributed by atoms with Crippen LogP contribution in [0.5, 0.6) is 0 Å². The minimum absolute atomic E-state index is 0.106. The number of hydrogen-bond acceptors (Lipinski definition) is 6. The molecule has 1 atom stereocenters. The molecule has 2 aliphatic rings. The monoisotopic (exact) mass is 429 g/mol. The summed E-state index contributed by atoms with van der Waals surface area (Å²) in [5, 5.41) is 21.3. The van der Waals surface area contributed by atoms with Gasteiger partial charge in [-0.2, -0.15) is 10.5 Å². The Morgan fingerprint density at radius 1 is 1.19 bits per heavy atom. The Hall–Kier alpha value is -3.72. The van der Waals surface area contributed by atoms with Crippen molar-refractivity contribution in [1.29, 1.82) is 10.5 Å². The maximum atomic E-state index is 12.8. The Morgan fingerprint density at radius 2 is 1.91 bits per heavy atom. The molecule has 2 aliphatic heterocycles. The highest BCUT2D eigenvalue weighted by atomic mass is 16.5. The molecule has 32 heavy (non-hydrogen) atoms. The molecule has 2 aromatic rings. The summed E-state index contributed by atoms with van der Waals surface area (Å²) in [5.74, 6) is -0.443. The summed E-state index contributed by atoms with van der Waals surface area (Å²) in [7, 11) is 0. The number of amides is 2. The highest BCUT2D eigenvalue weighted by molar-refractivity contribution is 6.10. The molecule has 0 saturated carbocycles. The predicted molar refractivity (Wildman–Crippen MR) is 116 cm³/mol. The fourth-order valence-corrected chi connectivity index (χ4v) is 4.05. The van der Waals surface area contributed by atoms with Gasteiger partial charge in [0.1, 0.15) is 6.04 Å². The van der Waals surface area contributed by atoms with Crippen molar-refractivity contribution >= 4 is 17.5 Å². The summed E-state index contributed by atoms with van der Waals surface area (Å²) in [6.45, 7) is 1.26. The number of nitrogens with two attached hydrogens (primary N) is 1. The number of hydrogen-bond donors (Lipinski definition) is 2. The fourth-order valence-electron chi connectivity index (χ4n) is 4.05. The second-order valence-corrected chi connectivity index (χ2v) is 8.17. The van der Waals surface area contributed by atoms with E-state index in [9.17, 15) is 14.9 Å². The van der Waals surface area contributed by atoms with Crippen LogP contribution in [-0.2, 0) is 22.5 Å². The molecule has 1 fully saturated rings. The van der Waals surface area contributed by atoms with Gasteiger partial charge in [-0.25, -0.2) is 0 Å². The van der Waals surface area contributed by atoms with Crippen LogP contribution >= 0.6 is 0 Å². The van der Waals surface area contributed by atoms with E-state index < -0.39 is 11.6 Å². The number of benzene rings is 2. The summed E-state index contributed by atoms with van der Waals surface area (Å²) in [4.78, 5) is 27.1. The van der Waals surface area contributed by atoms with Gasteiger partial charge in [-0.1, -0.05) is 12.1 Å². The SMILES string of the molecule is N#Cc1ccc(N2Cc3cc(CC(C#N)NC(=O)C4(N)CCOCC4)ccc3C2=O)cc1. The van der Waals surface area contributed by atoms with E-state index in [0.29, 0.717) is 50.1 Å². The van der Waals surface area contributed by atoms with Crippen LogP contribution in [0.4, 0.5) is 5.69 Å². The topological polar surface area (TPSA) is 132 Å². The van der Waals surface area contributed by atoms with E-state index in [1.165, 1.54) is 0 Å². The lowest BCUT2D eigenvalue weighted by Crippen LogP contribution is -2.58. The van der Waals surface area contributed by atoms with Gasteiger partial charge in [-0.3, -0.25) is 9.59 Å². The largest absolute Gasteiger partial charge is 0.381 e. The van der Waals surface area contributed by atoms with E-state index in [4.69, 9.17) is 15.7 Å². The van der Waals surface area contributed by atoms with Crippen LogP contribution in [0.2, 0.25) is 0 Å². The summed E-state index contributed by atoms with van der Waals surface area (Å²) in [6, 6.07) is 15.8. The Kier molecular flexibility index (Phi) is 5.91. The molecule has 8 nitrogen and oxygen atoms in total. The second kappa shape index (κ2) is 8.80. The lowest BCUT2D eigenvalue weighted by atomic mass is 9.90. The van der Waals surface area contributed by atoms with E-state index in [0.717, 1.165) is 16.8 Å². The number of nitriles is 2. The number of nitrogens with zero attached hydrogens (tertiary/aromatic N) is 3. The van der Waals surface area contributed by atoms with Gasteiger partial charge in [0.2, 0.25) is 5.91 Å². The van der Waals surface area contributed by atoms with Crippen LogP contribution < -0.4 is 16.0 Å². The van der Waals surface area contributed by atoms with E-state index >= 15 is 0 Å². The lowest BCUT2D eigenvalue weighted by Gasteiger charge is -2.32. The Balaban J connectivity index is 1.45. The highest BCUT2D eigenvalue weighted by Crippen LogP contribution is 2.29. The van der Waals surface area contributed by atoms with Crippen molar-refractivity contribution in [2.75, 3.05) is 18.1 Å². The molecule has 0 aliphatic carbocycles. The summed E-state index contributed by atoms with van der Waals surface area (Å²) < 4.78 is 5.27. The zero-order valence-electron chi connectivity index (χ0n) is 17.5. The maximum Gasteiger partial charge on any atom is 0.258 e. The van der Waals surface area contributed by atoms with Crippen molar-refractivity contribution in [2.45, 2.75) is 37.4 Å². The third-order valence-corrected chi connectivity index (χ3v) is 6.02. The fraction of sp³-hybridized carbons (Fsp3) is 0.333. The molecule has 3 N–H and O–H groups in total. The minimum Gasteiger partial charge on any atom is -0.381 e. The van der Waals surface area contributed by atoms with Gasteiger partial charge in [0.05, 0.1) is 29.8 Å². The van der Waals surface area contributed by atoms with Crippen molar-refractivity contribution in [3.63, 3.8) is 0 Å². The average molecular weight is 429 g/mol. The number of anilines is 1. The Labute approximate surface area is 186 Å². The van der Waals surface area contributed by atoms with Gasteiger partial charge < -0.3 is 20.7 Å². The van der Waals surface area contributed by atoms with Crippen LogP contribution in [0.25, 0.3) is 0 Å². The first-order valence-corrected chi connectivity index (χ1v) is 10.4. The zero-order chi connectivity index (χ0) is 22.7. The predicted octanol–water partition coefficient (Wildman–Crippen LogP) is 1.78. The smallest absolute Gasteiger partial charge is 0.258 e. The number of ether oxygens (including phenoxy) is 1. The number of carbonyl (C=O) groups excluding carboxylic acids is 2. The highest BCUT2D eigenvalue weighted by Gasteiger charge is 2.37. The third kappa shape index (κ3) is 4.19. The summed E-state index contributed by atoms with van der Waals surface area (Å²) in [6.07, 6.45) is 1.15. The van der Waals surface area contributed by atoms with Crippen LogP contribution in [0, 0.1) is 22.7 Å². The van der Waals surface area contributed by atoms with Gasteiger partial charge in [0.25, 0.3) is 5.91 Å². The van der Waals surface area contributed by atoms with E-state index in [2.05, 4.69) is 17.5 Å². The van der Waals surface area contributed by atoms with E-state index in [1.54, 1.807) is 35.2 Å². The number of fused-ring (bicyclic) bond motifs is 1. The quantitative estimate of drug-likeness (QED) is 0.744. The first-order chi connectivity index (χ1) is 15.4. The van der Waals surface area contributed by atoms with Crippen LogP contribution in [-0.4, -0.2) is 36.6 Å². The van der Waals surface area contributed by atoms with E-state index in [-0.39, 0.29) is 11.8 Å². The lowest BCUT2D eigenvalue weighted by molar-refractivity contribution is -0.130. The van der Waals surface area contributed by atoms with Crippen LogP contribution in [0.15, 0.2) is 42.5 Å². The molecule has 2 amide bonds. The van der Waals surface area contributed by atoms with Crippen molar-refractivity contribution in [3.8, 4) is 12.1 Å². The van der Waals surface area contributed by atoms with Crippen LogP contribution in [0.1, 0.15) is 39.9 Å². The molecule has 1 saturated heterocycles. The van der Waals surface area contributed by atoms with E-state index in [1.807, 2.05) is 12.1 Å². The van der Waals surface area contributed by atoms with Crippen molar-refractivity contribution in [2.24, 2.45) is 5.73 Å². The molecule has 0 spiro atoms. The summed E-state index contributed by atoms with van der Waals surface area (Å²) in [5.41, 5.74) is 8.77. The maximum absolute atomic E-state index is 12.8. The van der Waals surface area contributed by atoms with Crippen molar-refractivity contribution < 1.29 is 14.3 Å². The second-order valence-electron chi connectivity index (χ2n) is 8.17. The van der Waals surface area contributed by atoms with Gasteiger partial charge in [-0.15, -0.1) is 0 Å². The van der Waals surface area contributed by atoms with Gasteiger partial charge in [-0.05, 0) is 54.3 Å². The molecular formula is C24H23N5O3. The Morgan fingerprint density at radius 3 is 2.56 bits per heavy atom. The first-order valence-electron chi connectivity index (χ1n) is 10.4. The average Bonchev–Trinajstić information content (AvgIpc) is 3.14. The number of carbonyl (C=O) groups is 2. The van der Waals surface area contributed by atoms with Gasteiger partial charge >= 0.3 is 0 Å². The zero-order valence-corrected chi connectivity index (χ0v) is 17.5. The van der Waals surface area contributed by atoms with Gasteiger partial charge in [0.15, 0.2) is 0 Å². The molecule has 162 valence electrons. The van der Waals surface area contributed by atoms with Crippen LogP contribution in [0.3, 0.4) is 0 Å². The molecule has 0 bridgehead atoms. The minimum atomic E-state index is -1.01. The van der Waals surface area contributed by atoms with Crippen molar-refractivity contribution in [3.05, 3.63) is 64.7 Å². The standard InChI is InChI=1S/C24H23N5O3/c25-13-16-1-4-20(5-2-16)29-15-18-11-17(3-6-21(18)22(29)30)12-19(14-26)28-23(31)24(27)7-9-32-10-8-24/h1-6,11,19H,7-10,12,15,27H2,(H,28,31). The third-order valence-electron chi connectivity index (χ3n) is 6.02. The molecule has 4 rings (SSSR count). The first kappa shape index (κ1) is 21.5. The number of rotatable bonds is 5. The molecule has 8 heteroatoms. The molecule has 0 radical (unpaired) electrons. The summed E-state index contributed by atoms with van der Waals surface area (Å²) >= 11 is 0. The van der Waals surface area contributed by atoms with Gasteiger partial charge in [0, 0.05) is 30.9 Å². The normalized spacial score (nSPS) is 17.7. The van der Waals surface area contributed by atoms with Crippen molar-refractivity contribution in [1.82, 2.24) is 5.32 Å². The Bertz CT molecular complexity index is 1120. The molecule has 2 aromatic carbocycles. The molecule has 2 heterocycles.